The van der Waals surface area contributed by atoms with Crippen molar-refractivity contribution in [1.29, 1.82) is 0 Å². The number of nitrogens with one attached hydrogen (secondary N) is 1. The third kappa shape index (κ3) is 4.63. The van der Waals surface area contributed by atoms with Crippen molar-refractivity contribution in [3.05, 3.63) is 65.7 Å². The molecule has 0 aliphatic heterocycles. The maximum absolute atomic E-state index is 12.2. The first-order chi connectivity index (χ1) is 10.1. The molecule has 0 saturated heterocycles. The predicted octanol–water partition coefficient (Wildman–Crippen LogP) is 1.94. The zero-order valence-corrected chi connectivity index (χ0v) is 12.2. The summed E-state index contributed by atoms with van der Waals surface area (Å²) in [7, 11) is -3.48. The van der Waals surface area contributed by atoms with Gasteiger partial charge in [-0.15, -0.1) is 0 Å². The van der Waals surface area contributed by atoms with Gasteiger partial charge in [0.25, 0.3) is 0 Å². The molecule has 0 aliphatic carbocycles. The molecule has 21 heavy (non-hydrogen) atoms. The molecule has 0 spiro atoms. The van der Waals surface area contributed by atoms with Crippen LogP contribution >= 0.6 is 0 Å². The van der Waals surface area contributed by atoms with Crippen molar-refractivity contribution in [3.63, 3.8) is 0 Å². The van der Waals surface area contributed by atoms with Crippen molar-refractivity contribution >= 4 is 15.7 Å². The van der Waals surface area contributed by atoms with E-state index in [-0.39, 0.29) is 12.3 Å². The number of hydrogen-bond acceptors (Lipinski definition) is 3. The Balaban J connectivity index is 2.21. The molecule has 0 aromatic heterocycles. The number of anilines is 1. The molecule has 0 heterocycles. The zero-order chi connectivity index (χ0) is 15.1. The molecule has 2 aromatic rings. The Morgan fingerprint density at radius 1 is 1.00 bits per heavy atom. The first kappa shape index (κ1) is 15.1. The van der Waals surface area contributed by atoms with Gasteiger partial charge in [0.1, 0.15) is 0 Å². The van der Waals surface area contributed by atoms with E-state index in [9.17, 15) is 8.42 Å². The van der Waals surface area contributed by atoms with Gasteiger partial charge in [-0.2, -0.15) is 0 Å². The average Bonchev–Trinajstić information content (AvgIpc) is 2.46. The van der Waals surface area contributed by atoms with Gasteiger partial charge in [-0.1, -0.05) is 54.3 Å². The molecule has 0 bridgehead atoms. The first-order valence-electron chi connectivity index (χ1n) is 6.43. The standard InChI is InChI=1S/C16H16N2O2S/c17-12-6-10-15-9-4-5-11-16(15)18-21(19,20)13-14-7-2-1-3-8-14/h1-5,7-9,11,18H,12-13,17H2. The molecule has 0 atom stereocenters. The fourth-order valence-electron chi connectivity index (χ4n) is 1.82. The van der Waals surface area contributed by atoms with E-state index < -0.39 is 10.0 Å². The molecule has 2 rings (SSSR count). The Labute approximate surface area is 125 Å². The summed E-state index contributed by atoms with van der Waals surface area (Å²) in [5.41, 5.74) is 7.15. The van der Waals surface area contributed by atoms with Crippen molar-refractivity contribution in [2.45, 2.75) is 5.75 Å². The minimum Gasteiger partial charge on any atom is -0.320 e. The predicted molar refractivity (Wildman–Crippen MR) is 85.1 cm³/mol. The Morgan fingerprint density at radius 3 is 2.38 bits per heavy atom. The molecular formula is C16H16N2O2S. The Morgan fingerprint density at radius 2 is 1.67 bits per heavy atom. The first-order valence-corrected chi connectivity index (χ1v) is 8.08. The molecule has 0 amide bonds. The van der Waals surface area contributed by atoms with E-state index in [0.717, 1.165) is 5.56 Å². The molecule has 108 valence electrons. The molecule has 3 N–H and O–H groups in total. The smallest absolute Gasteiger partial charge is 0.236 e. The summed E-state index contributed by atoms with van der Waals surface area (Å²) in [4.78, 5) is 0. The molecule has 2 aromatic carbocycles. The lowest BCUT2D eigenvalue weighted by atomic mass is 10.2. The molecule has 0 saturated carbocycles. The fraction of sp³-hybridized carbons (Fsp3) is 0.125. The molecule has 0 radical (unpaired) electrons. The van der Waals surface area contributed by atoms with E-state index >= 15 is 0 Å². The lowest BCUT2D eigenvalue weighted by molar-refractivity contribution is 0.600. The van der Waals surface area contributed by atoms with Gasteiger partial charge in [-0.05, 0) is 17.7 Å². The van der Waals surface area contributed by atoms with Crippen LogP contribution in [0.4, 0.5) is 5.69 Å². The van der Waals surface area contributed by atoms with Gasteiger partial charge >= 0.3 is 0 Å². The molecule has 4 nitrogen and oxygen atoms in total. The maximum atomic E-state index is 12.2. The van der Waals surface area contributed by atoms with E-state index in [0.29, 0.717) is 11.3 Å². The van der Waals surface area contributed by atoms with Crippen LogP contribution in [0.5, 0.6) is 0 Å². The highest BCUT2D eigenvalue weighted by Crippen LogP contribution is 2.17. The Kier molecular flexibility index (Phi) is 4.99. The van der Waals surface area contributed by atoms with Crippen LogP contribution in [0.1, 0.15) is 11.1 Å². The van der Waals surface area contributed by atoms with Gasteiger partial charge < -0.3 is 5.73 Å². The van der Waals surface area contributed by atoms with Crippen molar-refractivity contribution in [1.82, 2.24) is 0 Å². The zero-order valence-electron chi connectivity index (χ0n) is 11.4. The van der Waals surface area contributed by atoms with Crippen LogP contribution in [-0.2, 0) is 15.8 Å². The number of hydrogen-bond donors (Lipinski definition) is 2. The highest BCUT2D eigenvalue weighted by molar-refractivity contribution is 7.91. The monoisotopic (exact) mass is 300 g/mol. The molecule has 5 heteroatoms. The fourth-order valence-corrected chi connectivity index (χ4v) is 3.04. The lowest BCUT2D eigenvalue weighted by Gasteiger charge is -2.09. The Bertz CT molecular complexity index is 760. The van der Waals surface area contributed by atoms with Crippen LogP contribution in [0.2, 0.25) is 0 Å². The second kappa shape index (κ2) is 6.93. The third-order valence-electron chi connectivity index (χ3n) is 2.72. The summed E-state index contributed by atoms with van der Waals surface area (Å²) < 4.78 is 27.0. The second-order valence-electron chi connectivity index (χ2n) is 4.40. The molecule has 0 aliphatic rings. The normalized spacial score (nSPS) is 10.5. The number of sulfonamides is 1. The van der Waals surface area contributed by atoms with E-state index in [1.807, 2.05) is 18.2 Å². The highest BCUT2D eigenvalue weighted by Gasteiger charge is 2.13. The minimum absolute atomic E-state index is 0.0769. The van der Waals surface area contributed by atoms with Crippen LogP contribution in [0, 0.1) is 11.8 Å². The third-order valence-corrected chi connectivity index (χ3v) is 3.96. The SMILES string of the molecule is NCC#Cc1ccccc1NS(=O)(=O)Cc1ccccc1. The highest BCUT2D eigenvalue weighted by atomic mass is 32.2. The van der Waals surface area contributed by atoms with Gasteiger partial charge in [-0.3, -0.25) is 4.72 Å². The number of rotatable bonds is 4. The van der Waals surface area contributed by atoms with Crippen LogP contribution in [-0.4, -0.2) is 15.0 Å². The quantitative estimate of drug-likeness (QED) is 0.848. The maximum Gasteiger partial charge on any atom is 0.236 e. The van der Waals surface area contributed by atoms with Gasteiger partial charge in [0.15, 0.2) is 0 Å². The van der Waals surface area contributed by atoms with E-state index in [2.05, 4.69) is 16.6 Å². The summed E-state index contributed by atoms with van der Waals surface area (Å²) in [6.07, 6.45) is 0. The van der Waals surface area contributed by atoms with Gasteiger partial charge in [0.2, 0.25) is 10.0 Å². The van der Waals surface area contributed by atoms with Crippen LogP contribution in [0.3, 0.4) is 0 Å². The van der Waals surface area contributed by atoms with Crippen molar-refractivity contribution < 1.29 is 8.42 Å². The van der Waals surface area contributed by atoms with Crippen molar-refractivity contribution in [3.8, 4) is 11.8 Å². The van der Waals surface area contributed by atoms with Crippen molar-refractivity contribution in [2.24, 2.45) is 5.73 Å². The van der Waals surface area contributed by atoms with Gasteiger partial charge in [0, 0.05) is 5.56 Å². The van der Waals surface area contributed by atoms with E-state index in [1.54, 1.807) is 36.4 Å². The summed E-state index contributed by atoms with van der Waals surface area (Å²) in [6, 6.07) is 16.0. The average molecular weight is 300 g/mol. The Hall–Kier alpha value is -2.29. The van der Waals surface area contributed by atoms with E-state index in [4.69, 9.17) is 5.73 Å². The minimum atomic E-state index is -3.48. The van der Waals surface area contributed by atoms with Crippen LogP contribution < -0.4 is 10.5 Å². The number of benzene rings is 2. The van der Waals surface area contributed by atoms with Crippen LogP contribution in [0.25, 0.3) is 0 Å². The van der Waals surface area contributed by atoms with Crippen molar-refractivity contribution in [2.75, 3.05) is 11.3 Å². The lowest BCUT2D eigenvalue weighted by Crippen LogP contribution is -2.15. The summed E-state index contributed by atoms with van der Waals surface area (Å²) in [5.74, 6) is 5.50. The summed E-state index contributed by atoms with van der Waals surface area (Å²) in [5, 5.41) is 0. The molecule has 0 fully saturated rings. The summed E-state index contributed by atoms with van der Waals surface area (Å²) in [6.45, 7) is 0.227. The molecule has 0 unspecified atom stereocenters. The molecular weight excluding hydrogens is 284 g/mol. The topological polar surface area (TPSA) is 72.2 Å². The largest absolute Gasteiger partial charge is 0.320 e. The number of nitrogens with two attached hydrogens (primary N) is 1. The van der Waals surface area contributed by atoms with Gasteiger partial charge in [0.05, 0.1) is 18.0 Å². The number of para-hydroxylation sites is 1. The second-order valence-corrected chi connectivity index (χ2v) is 6.12. The van der Waals surface area contributed by atoms with Crippen LogP contribution in [0.15, 0.2) is 54.6 Å². The summed E-state index contributed by atoms with van der Waals surface area (Å²) >= 11 is 0. The van der Waals surface area contributed by atoms with E-state index in [1.165, 1.54) is 0 Å². The van der Waals surface area contributed by atoms with Gasteiger partial charge in [-0.25, -0.2) is 8.42 Å².